The van der Waals surface area contributed by atoms with Gasteiger partial charge in [-0.3, -0.25) is 4.79 Å². The topological polar surface area (TPSA) is 66.5 Å². The number of hydrogen-bond acceptors (Lipinski definition) is 3. The molecule has 0 bridgehead atoms. The summed E-state index contributed by atoms with van der Waals surface area (Å²) in [5.74, 6) is -0.204. The van der Waals surface area contributed by atoms with Crippen molar-refractivity contribution in [1.29, 1.82) is 0 Å². The second-order valence-corrected chi connectivity index (χ2v) is 8.98. The van der Waals surface area contributed by atoms with Crippen LogP contribution < -0.4 is 5.32 Å². The van der Waals surface area contributed by atoms with Gasteiger partial charge < -0.3 is 5.32 Å². The van der Waals surface area contributed by atoms with Gasteiger partial charge in [0.25, 0.3) is 0 Å². The number of nitrogens with zero attached hydrogens (tertiary/aromatic N) is 1. The van der Waals surface area contributed by atoms with Gasteiger partial charge in [0.05, 0.1) is 10.8 Å². The van der Waals surface area contributed by atoms with Gasteiger partial charge in [-0.15, -0.1) is 0 Å². The largest absolute Gasteiger partial charge is 0.356 e. The van der Waals surface area contributed by atoms with Crippen LogP contribution in [0.5, 0.6) is 0 Å². The number of amides is 1. The first-order valence-electron chi connectivity index (χ1n) is 9.45. The Morgan fingerprint density at radius 1 is 0.920 bits per heavy atom. The molecule has 2 aliphatic rings. The highest BCUT2D eigenvalue weighted by atomic mass is 32.2. The lowest BCUT2D eigenvalue weighted by Gasteiger charge is -2.38. The van der Waals surface area contributed by atoms with Crippen molar-refractivity contribution >= 4 is 15.9 Å². The van der Waals surface area contributed by atoms with Crippen molar-refractivity contribution in [3.63, 3.8) is 0 Å². The fourth-order valence-corrected chi connectivity index (χ4v) is 5.79. The van der Waals surface area contributed by atoms with E-state index >= 15 is 0 Å². The molecule has 1 aromatic carbocycles. The molecule has 1 N–H and O–H groups in total. The summed E-state index contributed by atoms with van der Waals surface area (Å²) >= 11 is 0. The van der Waals surface area contributed by atoms with Gasteiger partial charge >= 0.3 is 0 Å². The molecule has 0 aromatic heterocycles. The highest BCUT2D eigenvalue weighted by molar-refractivity contribution is 7.89. The maximum atomic E-state index is 13.3. The van der Waals surface area contributed by atoms with Gasteiger partial charge in [-0.2, -0.15) is 4.31 Å². The maximum absolute atomic E-state index is 13.3. The number of carbonyl (C=O) groups excluding carboxylic acids is 1. The van der Waals surface area contributed by atoms with Gasteiger partial charge in [0.1, 0.15) is 0 Å². The molecule has 1 amide bonds. The average Bonchev–Trinajstić information content (AvgIpc) is 2.67. The van der Waals surface area contributed by atoms with Crippen molar-refractivity contribution in [3.05, 3.63) is 30.3 Å². The van der Waals surface area contributed by atoms with Crippen LogP contribution in [0.15, 0.2) is 35.2 Å². The SMILES string of the molecule is O=C1NCCCCCCN(S(=O)(=O)c2ccccc2)[C@H]2CCCC[C@@H]12. The van der Waals surface area contributed by atoms with Gasteiger partial charge in [-0.25, -0.2) is 8.42 Å². The quantitative estimate of drug-likeness (QED) is 0.877. The third-order valence-corrected chi connectivity index (χ3v) is 7.33. The van der Waals surface area contributed by atoms with Gasteiger partial charge in [-0.05, 0) is 37.8 Å². The zero-order valence-electron chi connectivity index (χ0n) is 14.7. The summed E-state index contributed by atoms with van der Waals surface area (Å²) < 4.78 is 28.2. The monoisotopic (exact) mass is 364 g/mol. The molecule has 1 saturated heterocycles. The first-order valence-corrected chi connectivity index (χ1v) is 10.9. The smallest absolute Gasteiger partial charge is 0.243 e. The van der Waals surface area contributed by atoms with E-state index in [0.717, 1.165) is 51.4 Å². The highest BCUT2D eigenvalue weighted by Gasteiger charge is 2.40. The Balaban J connectivity index is 1.95. The van der Waals surface area contributed by atoms with E-state index in [4.69, 9.17) is 0 Å². The molecule has 138 valence electrons. The van der Waals surface area contributed by atoms with E-state index in [1.54, 1.807) is 28.6 Å². The lowest BCUT2D eigenvalue weighted by atomic mass is 9.83. The molecule has 1 aromatic rings. The summed E-state index contributed by atoms with van der Waals surface area (Å²) in [5, 5.41) is 3.03. The Hall–Kier alpha value is -1.40. The Labute approximate surface area is 150 Å². The van der Waals surface area contributed by atoms with E-state index in [0.29, 0.717) is 18.0 Å². The van der Waals surface area contributed by atoms with Gasteiger partial charge in [0, 0.05) is 19.1 Å². The molecule has 0 unspecified atom stereocenters. The molecule has 1 aliphatic heterocycles. The predicted molar refractivity (Wildman–Crippen MR) is 97.6 cm³/mol. The number of rotatable bonds is 2. The normalized spacial score (nSPS) is 27.0. The van der Waals surface area contributed by atoms with Crippen LogP contribution in [0.3, 0.4) is 0 Å². The molecule has 1 aliphatic carbocycles. The average molecular weight is 365 g/mol. The molecule has 3 rings (SSSR count). The fourth-order valence-electron chi connectivity index (χ4n) is 4.04. The molecular formula is C19H28N2O3S. The summed E-state index contributed by atoms with van der Waals surface area (Å²) in [6.45, 7) is 1.21. The van der Waals surface area contributed by atoms with Crippen molar-refractivity contribution in [1.82, 2.24) is 9.62 Å². The second-order valence-electron chi connectivity index (χ2n) is 7.09. The van der Waals surface area contributed by atoms with E-state index in [9.17, 15) is 13.2 Å². The molecule has 25 heavy (non-hydrogen) atoms. The van der Waals surface area contributed by atoms with Crippen LogP contribution >= 0.6 is 0 Å². The zero-order valence-corrected chi connectivity index (χ0v) is 15.5. The van der Waals surface area contributed by atoms with E-state index < -0.39 is 10.0 Å². The van der Waals surface area contributed by atoms with Crippen LogP contribution in [0, 0.1) is 5.92 Å². The molecule has 2 atom stereocenters. The first-order chi connectivity index (χ1) is 12.1. The fraction of sp³-hybridized carbons (Fsp3) is 0.632. The summed E-state index contributed by atoms with van der Waals surface area (Å²) in [6.07, 6.45) is 7.35. The first kappa shape index (κ1) is 18.4. The number of hydrogen-bond donors (Lipinski definition) is 1. The van der Waals surface area contributed by atoms with Crippen molar-refractivity contribution in [3.8, 4) is 0 Å². The molecular weight excluding hydrogens is 336 g/mol. The summed E-state index contributed by atoms with van der Waals surface area (Å²) in [7, 11) is -3.58. The molecule has 0 radical (unpaired) electrons. The van der Waals surface area contributed by atoms with Gasteiger partial charge in [0.2, 0.25) is 15.9 Å². The number of benzene rings is 1. The van der Waals surface area contributed by atoms with E-state index in [1.807, 2.05) is 6.07 Å². The van der Waals surface area contributed by atoms with E-state index in [1.165, 1.54) is 0 Å². The zero-order chi connectivity index (χ0) is 17.7. The maximum Gasteiger partial charge on any atom is 0.243 e. The number of sulfonamides is 1. The van der Waals surface area contributed by atoms with Crippen LogP contribution in [-0.2, 0) is 14.8 Å². The van der Waals surface area contributed by atoms with Crippen molar-refractivity contribution in [2.24, 2.45) is 5.92 Å². The molecule has 1 saturated carbocycles. The summed E-state index contributed by atoms with van der Waals surface area (Å²) in [5.41, 5.74) is 0. The minimum absolute atomic E-state index is 0.0276. The number of carbonyl (C=O) groups is 1. The van der Waals surface area contributed by atoms with E-state index in [2.05, 4.69) is 5.32 Å². The van der Waals surface area contributed by atoms with Crippen molar-refractivity contribution in [2.45, 2.75) is 62.3 Å². The van der Waals surface area contributed by atoms with Crippen LogP contribution in [0.2, 0.25) is 0 Å². The second kappa shape index (κ2) is 8.32. The van der Waals surface area contributed by atoms with Crippen molar-refractivity contribution < 1.29 is 13.2 Å². The molecule has 1 heterocycles. The Morgan fingerprint density at radius 3 is 2.44 bits per heavy atom. The van der Waals surface area contributed by atoms with Gasteiger partial charge in [-0.1, -0.05) is 43.9 Å². The molecule has 0 spiro atoms. The number of fused-ring (bicyclic) bond motifs is 1. The lowest BCUT2D eigenvalue weighted by molar-refractivity contribution is -0.127. The van der Waals surface area contributed by atoms with E-state index in [-0.39, 0.29) is 17.9 Å². The Kier molecular flexibility index (Phi) is 6.12. The predicted octanol–water partition coefficient (Wildman–Crippen LogP) is 2.93. The standard InChI is InChI=1S/C19H28N2O3S/c22-19-17-12-6-7-13-18(17)21(15-9-2-1-8-14-20-19)25(23,24)16-10-4-3-5-11-16/h3-5,10-11,17-18H,1-2,6-9,12-15H2,(H,20,22)/t17-,18+/m1/s1. The van der Waals surface area contributed by atoms with Crippen LogP contribution in [-0.4, -0.2) is 37.8 Å². The minimum Gasteiger partial charge on any atom is -0.356 e. The third kappa shape index (κ3) is 4.23. The molecule has 2 fully saturated rings. The van der Waals surface area contributed by atoms with Crippen LogP contribution in [0.4, 0.5) is 0 Å². The molecule has 5 nitrogen and oxygen atoms in total. The Morgan fingerprint density at radius 2 is 1.64 bits per heavy atom. The van der Waals surface area contributed by atoms with Crippen LogP contribution in [0.25, 0.3) is 0 Å². The summed E-state index contributed by atoms with van der Waals surface area (Å²) in [4.78, 5) is 13.0. The Bertz CT molecular complexity index is 675. The highest BCUT2D eigenvalue weighted by Crippen LogP contribution is 2.33. The number of nitrogens with one attached hydrogen (secondary N) is 1. The van der Waals surface area contributed by atoms with Gasteiger partial charge in [0.15, 0.2) is 0 Å². The third-order valence-electron chi connectivity index (χ3n) is 5.39. The van der Waals surface area contributed by atoms with Crippen LogP contribution in [0.1, 0.15) is 51.4 Å². The van der Waals surface area contributed by atoms with Crippen molar-refractivity contribution in [2.75, 3.05) is 13.1 Å². The minimum atomic E-state index is -3.58. The lowest BCUT2D eigenvalue weighted by Crippen LogP contribution is -2.51. The molecule has 6 heteroatoms. The summed E-state index contributed by atoms with van der Waals surface area (Å²) in [6, 6.07) is 8.41.